The van der Waals surface area contributed by atoms with E-state index in [4.69, 9.17) is 24.3 Å². The number of unbranched alkanes of at least 4 members (excludes halogenated alkanes) is 39. The van der Waals surface area contributed by atoms with Crippen molar-refractivity contribution in [3.8, 4) is 0 Å². The van der Waals surface area contributed by atoms with Crippen molar-refractivity contribution in [2.75, 3.05) is 33.0 Å². The second kappa shape index (κ2) is 49.5. The van der Waals surface area contributed by atoms with Crippen molar-refractivity contribution in [1.82, 2.24) is 0 Å². The number of phosphoric ester groups is 1. The molecule has 0 saturated carbocycles. The molecule has 0 rings (SSSR count). The number of phosphoric acid groups is 1. The van der Waals surface area contributed by atoms with Gasteiger partial charge in [-0.3, -0.25) is 13.8 Å². The zero-order valence-electron chi connectivity index (χ0n) is 40.2. The average Bonchev–Trinajstić information content (AvgIpc) is 3.24. The molecule has 60 heavy (non-hydrogen) atoms. The monoisotopic (exact) mass is 874 g/mol. The van der Waals surface area contributed by atoms with Gasteiger partial charge in [0, 0.05) is 19.6 Å². The fourth-order valence-corrected chi connectivity index (χ4v) is 8.88. The summed E-state index contributed by atoms with van der Waals surface area (Å²) in [4.78, 5) is 22.6. The minimum Gasteiger partial charge on any atom is -0.457 e. The van der Waals surface area contributed by atoms with Crippen LogP contribution in [-0.4, -0.2) is 49.9 Å². The molecule has 0 bridgehead atoms. The molecule has 3 N–H and O–H groups in total. The van der Waals surface area contributed by atoms with Crippen LogP contribution in [0.3, 0.4) is 0 Å². The molecule has 8 nitrogen and oxygen atoms in total. The zero-order chi connectivity index (χ0) is 43.7. The van der Waals surface area contributed by atoms with Crippen molar-refractivity contribution in [3.63, 3.8) is 0 Å². The first-order chi connectivity index (χ1) is 29.4. The number of ether oxygens (including phenoxy) is 2. The molecule has 2 atom stereocenters. The first-order valence-corrected chi connectivity index (χ1v) is 28.0. The molecule has 0 radical (unpaired) electrons. The third-order valence-electron chi connectivity index (χ3n) is 12.0. The molecule has 0 heterocycles. The smallest absolute Gasteiger partial charge is 0.457 e. The molecule has 9 heteroatoms. The summed E-state index contributed by atoms with van der Waals surface area (Å²) in [7, 11) is -4.27. The molecule has 360 valence electrons. The highest BCUT2D eigenvalue weighted by molar-refractivity contribution is 7.47. The molecular formula is C51H104NO7P. The minimum atomic E-state index is -4.27. The first-order valence-electron chi connectivity index (χ1n) is 26.5. The molecule has 0 aliphatic carbocycles. The number of rotatable bonds is 52. The largest absolute Gasteiger partial charge is 0.472 e. The summed E-state index contributed by atoms with van der Waals surface area (Å²) in [6.07, 6.45) is 54.3. The number of carbonyl (C=O) groups excluding carboxylic acids is 1. The zero-order valence-corrected chi connectivity index (χ0v) is 41.1. The van der Waals surface area contributed by atoms with E-state index in [0.717, 1.165) is 32.1 Å². The van der Waals surface area contributed by atoms with Gasteiger partial charge in [-0.15, -0.1) is 0 Å². The van der Waals surface area contributed by atoms with Crippen molar-refractivity contribution in [3.05, 3.63) is 0 Å². The molecule has 0 fully saturated rings. The van der Waals surface area contributed by atoms with E-state index >= 15 is 0 Å². The molecule has 0 aromatic heterocycles. The fourth-order valence-electron chi connectivity index (χ4n) is 8.12. The van der Waals surface area contributed by atoms with Gasteiger partial charge in [-0.2, -0.15) is 0 Å². The van der Waals surface area contributed by atoms with E-state index in [1.165, 1.54) is 231 Å². The van der Waals surface area contributed by atoms with Crippen LogP contribution in [0, 0.1) is 0 Å². The van der Waals surface area contributed by atoms with Gasteiger partial charge >= 0.3 is 13.8 Å². The summed E-state index contributed by atoms with van der Waals surface area (Å²) < 4.78 is 33.6. The molecular weight excluding hydrogens is 770 g/mol. The van der Waals surface area contributed by atoms with Gasteiger partial charge in [-0.1, -0.05) is 264 Å². The summed E-state index contributed by atoms with van der Waals surface area (Å²) in [6, 6.07) is 0. The Kier molecular flexibility index (Phi) is 49.1. The predicted molar refractivity (Wildman–Crippen MR) is 257 cm³/mol. The van der Waals surface area contributed by atoms with E-state index in [1.54, 1.807) is 0 Å². The van der Waals surface area contributed by atoms with Crippen molar-refractivity contribution in [2.45, 2.75) is 290 Å². The first kappa shape index (κ1) is 59.5. The SMILES string of the molecule is CCCCCCCCCCCCCCCCCCCCCCCCCOCC(COP(=O)(O)OCCN)OC(=O)CCCCCCCCCCCCCCCCCCCC. The summed E-state index contributed by atoms with van der Waals surface area (Å²) in [5, 5.41) is 0. The van der Waals surface area contributed by atoms with Crippen molar-refractivity contribution in [1.29, 1.82) is 0 Å². The van der Waals surface area contributed by atoms with Crippen LogP contribution in [0.1, 0.15) is 284 Å². The highest BCUT2D eigenvalue weighted by atomic mass is 31.2. The molecule has 0 aliphatic rings. The molecule has 0 aromatic rings. The second-order valence-electron chi connectivity index (χ2n) is 18.1. The third-order valence-corrected chi connectivity index (χ3v) is 13.0. The lowest BCUT2D eigenvalue weighted by Crippen LogP contribution is -2.28. The van der Waals surface area contributed by atoms with Gasteiger partial charge in [0.1, 0.15) is 6.10 Å². The maximum Gasteiger partial charge on any atom is 0.472 e. The predicted octanol–water partition coefficient (Wildman–Crippen LogP) is 16.4. The highest BCUT2D eigenvalue weighted by Gasteiger charge is 2.25. The quantitative estimate of drug-likeness (QED) is 0.0352. The van der Waals surface area contributed by atoms with Crippen LogP contribution >= 0.6 is 7.82 Å². The van der Waals surface area contributed by atoms with Gasteiger partial charge < -0.3 is 20.1 Å². The molecule has 0 aliphatic heterocycles. The Labute approximate surface area is 373 Å². The van der Waals surface area contributed by atoms with E-state index in [0.29, 0.717) is 13.0 Å². The van der Waals surface area contributed by atoms with Crippen LogP contribution in [-0.2, 0) is 27.9 Å². The minimum absolute atomic E-state index is 0.0897. The van der Waals surface area contributed by atoms with Gasteiger partial charge in [-0.25, -0.2) is 4.57 Å². The van der Waals surface area contributed by atoms with E-state index in [2.05, 4.69) is 13.8 Å². The summed E-state index contributed by atoms with van der Waals surface area (Å²) in [6.45, 7) is 5.01. The Balaban J connectivity index is 3.85. The van der Waals surface area contributed by atoms with Crippen LogP contribution < -0.4 is 5.73 Å². The molecule has 0 aromatic carbocycles. The molecule has 0 spiro atoms. The number of esters is 1. The van der Waals surface area contributed by atoms with E-state index < -0.39 is 13.9 Å². The maximum atomic E-state index is 12.7. The van der Waals surface area contributed by atoms with Crippen LogP contribution in [0.15, 0.2) is 0 Å². The summed E-state index contributed by atoms with van der Waals surface area (Å²) in [5.41, 5.74) is 5.39. The van der Waals surface area contributed by atoms with Crippen LogP contribution in [0.4, 0.5) is 0 Å². The molecule has 0 amide bonds. The van der Waals surface area contributed by atoms with Gasteiger partial charge in [0.2, 0.25) is 0 Å². The van der Waals surface area contributed by atoms with Crippen LogP contribution in [0.2, 0.25) is 0 Å². The van der Waals surface area contributed by atoms with Gasteiger partial charge in [0.15, 0.2) is 0 Å². The van der Waals surface area contributed by atoms with E-state index in [1.807, 2.05) is 0 Å². The fraction of sp³-hybridized carbons (Fsp3) is 0.980. The normalized spacial score (nSPS) is 13.2. The molecule has 2 unspecified atom stereocenters. The number of hydrogen-bond acceptors (Lipinski definition) is 7. The Morgan fingerprint density at radius 1 is 0.433 bits per heavy atom. The van der Waals surface area contributed by atoms with Gasteiger partial charge in [-0.05, 0) is 12.8 Å². The van der Waals surface area contributed by atoms with Crippen molar-refractivity contribution >= 4 is 13.8 Å². The number of nitrogens with two attached hydrogens (primary N) is 1. The van der Waals surface area contributed by atoms with Crippen molar-refractivity contribution in [2.24, 2.45) is 5.73 Å². The average molecular weight is 874 g/mol. The number of carbonyl (C=O) groups is 1. The summed E-state index contributed by atoms with van der Waals surface area (Å²) in [5.74, 6) is -0.320. The second-order valence-corrected chi connectivity index (χ2v) is 19.6. The standard InChI is InChI=1S/C51H104NO7P/c1-3-5-7-9-11-13-15-17-19-21-23-24-25-26-27-29-31-33-35-37-39-41-43-46-56-48-50(49-58-60(54,55)57-47-45-52)59-51(53)44-42-40-38-36-34-32-30-28-22-20-18-16-14-12-10-8-6-4-2/h50H,3-49,52H2,1-2H3,(H,54,55). The van der Waals surface area contributed by atoms with Crippen LogP contribution in [0.25, 0.3) is 0 Å². The topological polar surface area (TPSA) is 117 Å². The lowest BCUT2D eigenvalue weighted by atomic mass is 10.0. The van der Waals surface area contributed by atoms with Gasteiger partial charge in [0.05, 0.1) is 19.8 Å². The lowest BCUT2D eigenvalue weighted by Gasteiger charge is -2.20. The molecule has 0 saturated heterocycles. The number of hydrogen-bond donors (Lipinski definition) is 2. The third kappa shape index (κ3) is 48.5. The lowest BCUT2D eigenvalue weighted by molar-refractivity contribution is -0.154. The summed E-state index contributed by atoms with van der Waals surface area (Å²) >= 11 is 0. The Morgan fingerprint density at radius 3 is 1.05 bits per heavy atom. The van der Waals surface area contributed by atoms with E-state index in [9.17, 15) is 14.3 Å². The van der Waals surface area contributed by atoms with Gasteiger partial charge in [0.25, 0.3) is 0 Å². The van der Waals surface area contributed by atoms with Crippen LogP contribution in [0.5, 0.6) is 0 Å². The highest BCUT2D eigenvalue weighted by Crippen LogP contribution is 2.43. The Morgan fingerprint density at radius 2 is 0.733 bits per heavy atom. The Bertz CT molecular complexity index is 894. The maximum absolute atomic E-state index is 12.7. The van der Waals surface area contributed by atoms with E-state index in [-0.39, 0.29) is 32.3 Å². The van der Waals surface area contributed by atoms with Crippen molar-refractivity contribution < 1.29 is 32.8 Å². The Hall–Kier alpha value is -0.500.